The number of carboxylic acids is 1. The van der Waals surface area contributed by atoms with E-state index in [1.165, 1.54) is 0 Å². The predicted octanol–water partition coefficient (Wildman–Crippen LogP) is 2.57. The fourth-order valence-electron chi connectivity index (χ4n) is 2.54. The summed E-state index contributed by atoms with van der Waals surface area (Å²) in [6, 6.07) is 0. The fourth-order valence-corrected chi connectivity index (χ4v) is 2.54. The van der Waals surface area contributed by atoms with E-state index < -0.39 is 17.5 Å². The van der Waals surface area contributed by atoms with Gasteiger partial charge in [0.15, 0.2) is 0 Å². The summed E-state index contributed by atoms with van der Waals surface area (Å²) in [5, 5.41) is 19.5. The second-order valence-electron chi connectivity index (χ2n) is 4.70. The maximum Gasteiger partial charge on any atom is 0.309 e. The lowest BCUT2D eigenvalue weighted by Crippen LogP contribution is -2.44. The molecule has 0 bridgehead atoms. The molecular weight excluding hydrogens is 192 g/mol. The second-order valence-corrected chi connectivity index (χ2v) is 4.70. The molecule has 0 aliphatic heterocycles. The Morgan fingerprint density at radius 2 is 1.93 bits per heavy atom. The predicted molar refractivity (Wildman–Crippen MR) is 58.7 cm³/mol. The quantitative estimate of drug-likeness (QED) is 0.739. The third-order valence-electron chi connectivity index (χ3n) is 3.51. The van der Waals surface area contributed by atoms with Gasteiger partial charge in [0.05, 0.1) is 11.5 Å². The van der Waals surface area contributed by atoms with Crippen LogP contribution in [0.25, 0.3) is 0 Å². The maximum atomic E-state index is 11.1. The van der Waals surface area contributed by atoms with Crippen LogP contribution in [0.3, 0.4) is 0 Å². The number of rotatable bonds is 5. The normalized spacial score (nSPS) is 22.3. The summed E-state index contributed by atoms with van der Waals surface area (Å²) in [6.07, 6.45) is 6.87. The molecule has 0 spiro atoms. The molecule has 88 valence electrons. The van der Waals surface area contributed by atoms with E-state index in [4.69, 9.17) is 5.11 Å². The molecule has 3 heteroatoms. The number of hydrogen-bond acceptors (Lipinski definition) is 2. The molecule has 0 radical (unpaired) electrons. The van der Waals surface area contributed by atoms with E-state index >= 15 is 0 Å². The first kappa shape index (κ1) is 12.5. The Kier molecular flexibility index (Phi) is 4.58. The molecule has 1 unspecified atom stereocenters. The number of aliphatic hydroxyl groups is 1. The van der Waals surface area contributed by atoms with Gasteiger partial charge in [-0.25, -0.2) is 0 Å². The molecule has 1 aliphatic carbocycles. The standard InChI is InChI=1S/C12H22O3/c1-2-3-7-10(11(13)14)12(15)8-5-4-6-9-12/h10,15H,2-9H2,1H3,(H,13,14). The zero-order valence-corrected chi connectivity index (χ0v) is 9.54. The molecule has 0 aromatic rings. The molecular formula is C12H22O3. The van der Waals surface area contributed by atoms with E-state index in [0.29, 0.717) is 19.3 Å². The van der Waals surface area contributed by atoms with Crippen LogP contribution in [0.5, 0.6) is 0 Å². The summed E-state index contributed by atoms with van der Waals surface area (Å²) in [6.45, 7) is 2.05. The van der Waals surface area contributed by atoms with Crippen LogP contribution in [0, 0.1) is 5.92 Å². The van der Waals surface area contributed by atoms with Gasteiger partial charge in [0.2, 0.25) is 0 Å². The Bertz CT molecular complexity index is 207. The zero-order valence-electron chi connectivity index (χ0n) is 9.54. The summed E-state index contributed by atoms with van der Waals surface area (Å²) < 4.78 is 0. The van der Waals surface area contributed by atoms with Gasteiger partial charge < -0.3 is 10.2 Å². The molecule has 0 aromatic heterocycles. The minimum atomic E-state index is -0.931. The van der Waals surface area contributed by atoms with Crippen LogP contribution in [0.2, 0.25) is 0 Å². The van der Waals surface area contributed by atoms with Crippen molar-refractivity contribution in [1.29, 1.82) is 0 Å². The molecule has 0 amide bonds. The van der Waals surface area contributed by atoms with E-state index in [0.717, 1.165) is 32.1 Å². The van der Waals surface area contributed by atoms with Crippen molar-refractivity contribution in [3.63, 3.8) is 0 Å². The molecule has 3 nitrogen and oxygen atoms in total. The molecule has 1 saturated carbocycles. The van der Waals surface area contributed by atoms with Crippen LogP contribution in [-0.2, 0) is 4.79 Å². The Labute approximate surface area is 91.5 Å². The molecule has 1 rings (SSSR count). The Balaban J connectivity index is 2.63. The molecule has 0 aromatic carbocycles. The summed E-state index contributed by atoms with van der Waals surface area (Å²) in [7, 11) is 0. The monoisotopic (exact) mass is 214 g/mol. The SMILES string of the molecule is CCCCC(C(=O)O)C1(O)CCCCC1. The van der Waals surface area contributed by atoms with E-state index in [1.54, 1.807) is 0 Å². The van der Waals surface area contributed by atoms with Crippen molar-refractivity contribution in [1.82, 2.24) is 0 Å². The first-order valence-electron chi connectivity index (χ1n) is 6.05. The van der Waals surface area contributed by atoms with Gasteiger partial charge in [-0.05, 0) is 19.3 Å². The maximum absolute atomic E-state index is 11.1. The summed E-state index contributed by atoms with van der Waals surface area (Å²) in [5.41, 5.74) is -0.931. The highest BCUT2D eigenvalue weighted by Crippen LogP contribution is 2.36. The third kappa shape index (κ3) is 3.20. The van der Waals surface area contributed by atoms with Crippen LogP contribution in [0.15, 0.2) is 0 Å². The van der Waals surface area contributed by atoms with Crippen molar-refractivity contribution in [3.8, 4) is 0 Å². The molecule has 15 heavy (non-hydrogen) atoms. The molecule has 1 fully saturated rings. The van der Waals surface area contributed by atoms with Gasteiger partial charge in [-0.2, -0.15) is 0 Å². The zero-order chi connectivity index (χ0) is 11.3. The van der Waals surface area contributed by atoms with Crippen LogP contribution in [0.4, 0.5) is 0 Å². The first-order chi connectivity index (χ1) is 7.10. The topological polar surface area (TPSA) is 57.5 Å². The number of unbranched alkanes of at least 4 members (excludes halogenated alkanes) is 1. The van der Waals surface area contributed by atoms with Crippen molar-refractivity contribution >= 4 is 5.97 Å². The molecule has 1 atom stereocenters. The third-order valence-corrected chi connectivity index (χ3v) is 3.51. The van der Waals surface area contributed by atoms with Gasteiger partial charge in [0.1, 0.15) is 0 Å². The van der Waals surface area contributed by atoms with Crippen molar-refractivity contribution in [2.75, 3.05) is 0 Å². The largest absolute Gasteiger partial charge is 0.481 e. The van der Waals surface area contributed by atoms with Crippen LogP contribution < -0.4 is 0 Å². The smallest absolute Gasteiger partial charge is 0.309 e. The summed E-state index contributed by atoms with van der Waals surface area (Å²) in [4.78, 5) is 11.1. The van der Waals surface area contributed by atoms with E-state index in [9.17, 15) is 9.90 Å². The highest BCUT2D eigenvalue weighted by atomic mass is 16.4. The lowest BCUT2D eigenvalue weighted by atomic mass is 9.74. The Hall–Kier alpha value is -0.570. The minimum Gasteiger partial charge on any atom is -0.481 e. The summed E-state index contributed by atoms with van der Waals surface area (Å²) >= 11 is 0. The van der Waals surface area contributed by atoms with Gasteiger partial charge in [-0.15, -0.1) is 0 Å². The Morgan fingerprint density at radius 3 is 2.40 bits per heavy atom. The van der Waals surface area contributed by atoms with Crippen molar-refractivity contribution in [2.24, 2.45) is 5.92 Å². The molecule has 1 aliphatic rings. The average molecular weight is 214 g/mol. The van der Waals surface area contributed by atoms with E-state index in [-0.39, 0.29) is 0 Å². The molecule has 2 N–H and O–H groups in total. The molecule has 0 saturated heterocycles. The van der Waals surface area contributed by atoms with Crippen molar-refractivity contribution in [3.05, 3.63) is 0 Å². The number of aliphatic carboxylic acids is 1. The number of carboxylic acid groups (broad SMARTS) is 1. The highest BCUT2D eigenvalue weighted by molar-refractivity contribution is 5.71. The number of carbonyl (C=O) groups is 1. The lowest BCUT2D eigenvalue weighted by molar-refractivity contribution is -0.155. The van der Waals surface area contributed by atoms with Crippen molar-refractivity contribution < 1.29 is 15.0 Å². The summed E-state index contributed by atoms with van der Waals surface area (Å²) in [5.74, 6) is -1.38. The first-order valence-corrected chi connectivity index (χ1v) is 6.05. The highest BCUT2D eigenvalue weighted by Gasteiger charge is 2.41. The van der Waals surface area contributed by atoms with Gasteiger partial charge in [0.25, 0.3) is 0 Å². The second kappa shape index (κ2) is 5.50. The van der Waals surface area contributed by atoms with Crippen LogP contribution in [-0.4, -0.2) is 21.8 Å². The molecule has 0 heterocycles. The Morgan fingerprint density at radius 1 is 1.33 bits per heavy atom. The minimum absolute atomic E-state index is 0.558. The van der Waals surface area contributed by atoms with Gasteiger partial charge >= 0.3 is 5.97 Å². The van der Waals surface area contributed by atoms with Gasteiger partial charge in [-0.3, -0.25) is 4.79 Å². The van der Waals surface area contributed by atoms with E-state index in [2.05, 4.69) is 0 Å². The average Bonchev–Trinajstić information content (AvgIpc) is 2.18. The van der Waals surface area contributed by atoms with Gasteiger partial charge in [0, 0.05) is 0 Å². The van der Waals surface area contributed by atoms with Gasteiger partial charge in [-0.1, -0.05) is 39.0 Å². The number of hydrogen-bond donors (Lipinski definition) is 2. The van der Waals surface area contributed by atoms with Crippen LogP contribution >= 0.6 is 0 Å². The van der Waals surface area contributed by atoms with Crippen LogP contribution in [0.1, 0.15) is 58.3 Å². The lowest BCUT2D eigenvalue weighted by Gasteiger charge is -2.37. The van der Waals surface area contributed by atoms with Crippen molar-refractivity contribution in [2.45, 2.75) is 63.9 Å². The fraction of sp³-hybridized carbons (Fsp3) is 0.917. The van der Waals surface area contributed by atoms with E-state index in [1.807, 2.05) is 6.92 Å².